The number of rotatable bonds is 5. The highest BCUT2D eigenvalue weighted by Crippen LogP contribution is 2.26. The molecule has 12 heavy (non-hydrogen) atoms. The van der Waals surface area contributed by atoms with Crippen LogP contribution in [-0.4, -0.2) is 0 Å². The summed E-state index contributed by atoms with van der Waals surface area (Å²) in [5.74, 6) is 3.07. The van der Waals surface area contributed by atoms with Crippen LogP contribution in [0.3, 0.4) is 0 Å². The van der Waals surface area contributed by atoms with Crippen molar-refractivity contribution in [3.8, 4) is 0 Å². The van der Waals surface area contributed by atoms with Crippen LogP contribution in [-0.2, 0) is 0 Å². The summed E-state index contributed by atoms with van der Waals surface area (Å²) in [5, 5.41) is 0. The van der Waals surface area contributed by atoms with Crippen LogP contribution in [0.4, 0.5) is 0 Å². The molecule has 0 aromatic rings. The average molecular weight is 169 g/mol. The van der Waals surface area contributed by atoms with Crippen molar-refractivity contribution in [2.75, 3.05) is 0 Å². The zero-order chi connectivity index (χ0) is 9.72. The second-order valence-corrected chi connectivity index (χ2v) is 5.00. The van der Waals surface area contributed by atoms with E-state index >= 15 is 0 Å². The van der Waals surface area contributed by atoms with Gasteiger partial charge in [0.1, 0.15) is 0 Å². The van der Waals surface area contributed by atoms with E-state index in [-0.39, 0.29) is 0 Å². The summed E-state index contributed by atoms with van der Waals surface area (Å²) < 4.78 is 0. The van der Waals surface area contributed by atoms with Crippen molar-refractivity contribution in [3.63, 3.8) is 0 Å². The normalized spacial score (nSPS) is 12.5. The largest absolute Gasteiger partial charge is 0.0628 e. The molecule has 0 heterocycles. The van der Waals surface area contributed by atoms with E-state index in [2.05, 4.69) is 41.5 Å². The Bertz CT molecular complexity index is 90.6. The van der Waals surface area contributed by atoms with Gasteiger partial charge in [0.2, 0.25) is 0 Å². The summed E-state index contributed by atoms with van der Waals surface area (Å²) in [5.41, 5.74) is 0. The first-order valence-corrected chi connectivity index (χ1v) is 5.26. The molecule has 0 bridgehead atoms. The Morgan fingerprint density at radius 2 is 1.17 bits per heavy atom. The molecular formula is C12H25. The number of hydrogen-bond donors (Lipinski definition) is 0. The standard InChI is InChI=1S/C12H25/c1-9(2)7-12(11(5)6)8-10(3)4/h9-12H,5,7-8H2,1-4,6H3. The molecule has 1 atom stereocenters. The molecule has 0 aliphatic carbocycles. The van der Waals surface area contributed by atoms with Gasteiger partial charge < -0.3 is 0 Å². The van der Waals surface area contributed by atoms with Crippen LogP contribution in [0.25, 0.3) is 0 Å². The van der Waals surface area contributed by atoms with Crippen LogP contribution >= 0.6 is 0 Å². The third-order valence-electron chi connectivity index (χ3n) is 2.35. The van der Waals surface area contributed by atoms with Crippen LogP contribution in [0.15, 0.2) is 0 Å². The molecule has 0 N–H and O–H groups in total. The highest BCUT2D eigenvalue weighted by molar-refractivity contribution is 4.70. The lowest BCUT2D eigenvalue weighted by Gasteiger charge is -2.24. The van der Waals surface area contributed by atoms with Crippen molar-refractivity contribution in [2.45, 2.75) is 47.5 Å². The monoisotopic (exact) mass is 169 g/mol. The molecule has 1 unspecified atom stereocenters. The van der Waals surface area contributed by atoms with Crippen molar-refractivity contribution in [3.05, 3.63) is 6.92 Å². The summed E-state index contributed by atoms with van der Waals surface area (Å²) in [4.78, 5) is 0. The summed E-state index contributed by atoms with van der Waals surface area (Å²) in [6, 6.07) is 0. The lowest BCUT2D eigenvalue weighted by atomic mass is 9.82. The van der Waals surface area contributed by atoms with Crippen LogP contribution in [0.2, 0.25) is 0 Å². The first-order valence-electron chi connectivity index (χ1n) is 5.26. The summed E-state index contributed by atoms with van der Waals surface area (Å²) in [6.07, 6.45) is 2.67. The van der Waals surface area contributed by atoms with Crippen LogP contribution < -0.4 is 0 Å². The van der Waals surface area contributed by atoms with Crippen LogP contribution in [0.5, 0.6) is 0 Å². The first kappa shape index (κ1) is 12.0. The Morgan fingerprint density at radius 3 is 1.33 bits per heavy atom. The van der Waals surface area contributed by atoms with Gasteiger partial charge in [-0.3, -0.25) is 0 Å². The molecule has 0 aliphatic heterocycles. The molecule has 0 fully saturated rings. The van der Waals surface area contributed by atoms with Gasteiger partial charge >= 0.3 is 0 Å². The van der Waals surface area contributed by atoms with Crippen molar-refractivity contribution in [1.29, 1.82) is 0 Å². The first-order chi connectivity index (χ1) is 5.43. The lowest BCUT2D eigenvalue weighted by Crippen LogP contribution is -2.14. The number of hydrogen-bond acceptors (Lipinski definition) is 0. The van der Waals surface area contributed by atoms with E-state index in [1.165, 1.54) is 12.8 Å². The van der Waals surface area contributed by atoms with E-state index in [1.54, 1.807) is 0 Å². The lowest BCUT2D eigenvalue weighted by molar-refractivity contribution is 0.286. The molecule has 0 rings (SSSR count). The third kappa shape index (κ3) is 5.62. The highest BCUT2D eigenvalue weighted by Gasteiger charge is 2.15. The molecule has 1 radical (unpaired) electrons. The Morgan fingerprint density at radius 1 is 0.833 bits per heavy atom. The second-order valence-electron chi connectivity index (χ2n) is 5.00. The minimum Gasteiger partial charge on any atom is -0.0628 e. The van der Waals surface area contributed by atoms with Gasteiger partial charge in [0.05, 0.1) is 0 Å². The molecule has 0 saturated carbocycles. The van der Waals surface area contributed by atoms with Gasteiger partial charge in [0.25, 0.3) is 0 Å². The van der Waals surface area contributed by atoms with Gasteiger partial charge in [0.15, 0.2) is 0 Å². The summed E-state index contributed by atoms with van der Waals surface area (Å²) in [6.45, 7) is 15.6. The fourth-order valence-corrected chi connectivity index (χ4v) is 1.77. The molecule has 0 aromatic heterocycles. The van der Waals surface area contributed by atoms with E-state index in [1.807, 2.05) is 0 Å². The van der Waals surface area contributed by atoms with Gasteiger partial charge in [-0.25, -0.2) is 0 Å². The molecule has 0 saturated heterocycles. The molecule has 0 spiro atoms. The molecule has 73 valence electrons. The van der Waals surface area contributed by atoms with E-state index in [0.717, 1.165) is 17.8 Å². The maximum absolute atomic E-state index is 4.14. The zero-order valence-electron chi connectivity index (χ0n) is 9.43. The Labute approximate surface area is 78.8 Å². The third-order valence-corrected chi connectivity index (χ3v) is 2.35. The maximum Gasteiger partial charge on any atom is -0.0384 e. The van der Waals surface area contributed by atoms with Gasteiger partial charge in [-0.15, -0.1) is 0 Å². The van der Waals surface area contributed by atoms with E-state index in [0.29, 0.717) is 5.92 Å². The Kier molecular flexibility index (Phi) is 5.61. The van der Waals surface area contributed by atoms with Crippen molar-refractivity contribution < 1.29 is 0 Å². The molecule has 0 aliphatic rings. The predicted molar refractivity (Wildman–Crippen MR) is 56.9 cm³/mol. The smallest absolute Gasteiger partial charge is 0.0384 e. The maximum atomic E-state index is 4.14. The minimum absolute atomic E-state index is 0.606. The molecule has 0 amide bonds. The highest BCUT2D eigenvalue weighted by atomic mass is 14.2. The van der Waals surface area contributed by atoms with E-state index in [9.17, 15) is 0 Å². The molecule has 0 nitrogen and oxygen atoms in total. The van der Waals surface area contributed by atoms with E-state index in [4.69, 9.17) is 0 Å². The minimum atomic E-state index is 0.606. The topological polar surface area (TPSA) is 0 Å². The molecule has 0 aromatic carbocycles. The zero-order valence-corrected chi connectivity index (χ0v) is 9.43. The van der Waals surface area contributed by atoms with Gasteiger partial charge in [-0.2, -0.15) is 0 Å². The van der Waals surface area contributed by atoms with E-state index < -0.39 is 0 Å². The van der Waals surface area contributed by atoms with Crippen LogP contribution in [0.1, 0.15) is 47.5 Å². The fourth-order valence-electron chi connectivity index (χ4n) is 1.77. The predicted octanol–water partition coefficient (Wildman–Crippen LogP) is 4.16. The second kappa shape index (κ2) is 5.61. The fraction of sp³-hybridized carbons (Fsp3) is 0.917. The van der Waals surface area contributed by atoms with Gasteiger partial charge in [-0.05, 0) is 36.5 Å². The van der Waals surface area contributed by atoms with Crippen molar-refractivity contribution >= 4 is 0 Å². The molecular weight excluding hydrogens is 144 g/mol. The average Bonchev–Trinajstić information content (AvgIpc) is 1.83. The quantitative estimate of drug-likeness (QED) is 0.579. The van der Waals surface area contributed by atoms with Gasteiger partial charge in [0, 0.05) is 0 Å². The Hall–Kier alpha value is 0. The van der Waals surface area contributed by atoms with Crippen LogP contribution in [0, 0.1) is 30.6 Å². The van der Waals surface area contributed by atoms with Gasteiger partial charge in [-0.1, -0.05) is 41.5 Å². The molecule has 0 heteroatoms. The van der Waals surface area contributed by atoms with Crippen molar-refractivity contribution in [1.82, 2.24) is 0 Å². The Balaban J connectivity index is 3.87. The summed E-state index contributed by atoms with van der Waals surface area (Å²) in [7, 11) is 0. The SMILES string of the molecule is [CH2]C(C)C(CC(C)C)CC(C)C. The summed E-state index contributed by atoms with van der Waals surface area (Å²) >= 11 is 0. The van der Waals surface area contributed by atoms with Crippen molar-refractivity contribution in [2.24, 2.45) is 23.7 Å².